The zero-order chi connectivity index (χ0) is 9.84. The highest BCUT2D eigenvalue weighted by Crippen LogP contribution is 2.12. The van der Waals surface area contributed by atoms with Gasteiger partial charge >= 0.3 is 0 Å². The van der Waals surface area contributed by atoms with Gasteiger partial charge in [-0.05, 0) is 38.3 Å². The van der Waals surface area contributed by atoms with Crippen LogP contribution in [0.1, 0.15) is 24.5 Å². The number of nitrogens with two attached hydrogens (primary N) is 1. The van der Waals surface area contributed by atoms with E-state index < -0.39 is 0 Å². The summed E-state index contributed by atoms with van der Waals surface area (Å²) in [6.07, 6.45) is 1.56. The van der Waals surface area contributed by atoms with E-state index >= 15 is 0 Å². The van der Waals surface area contributed by atoms with Gasteiger partial charge in [0.15, 0.2) is 0 Å². The fourth-order valence-corrected chi connectivity index (χ4v) is 1.28. The second-order valence-electron chi connectivity index (χ2n) is 3.61. The summed E-state index contributed by atoms with van der Waals surface area (Å²) in [5, 5.41) is 0. The topological polar surface area (TPSA) is 26.0 Å². The summed E-state index contributed by atoms with van der Waals surface area (Å²) in [6, 6.07) is 5.33. The summed E-state index contributed by atoms with van der Waals surface area (Å²) in [6.45, 7) is 3.91. The molecule has 0 aliphatic rings. The van der Waals surface area contributed by atoms with E-state index in [0.717, 1.165) is 24.0 Å². The van der Waals surface area contributed by atoms with Crippen molar-refractivity contribution >= 4 is 0 Å². The maximum Gasteiger partial charge on any atom is 0.126 e. The van der Waals surface area contributed by atoms with E-state index in [4.69, 9.17) is 5.73 Å². The van der Waals surface area contributed by atoms with Crippen LogP contribution in [0.2, 0.25) is 0 Å². The fourth-order valence-electron chi connectivity index (χ4n) is 1.28. The number of aryl methyl sites for hydroxylation is 2. The van der Waals surface area contributed by atoms with E-state index in [9.17, 15) is 4.39 Å². The smallest absolute Gasteiger partial charge is 0.126 e. The van der Waals surface area contributed by atoms with Crippen LogP contribution in [0.15, 0.2) is 18.2 Å². The summed E-state index contributed by atoms with van der Waals surface area (Å²) in [5.74, 6) is -0.119. The SMILES string of the molecule is Cc1ccc(F)c(CC[C@H](C)N)c1. The first kappa shape index (κ1) is 10.2. The van der Waals surface area contributed by atoms with Gasteiger partial charge in [0.2, 0.25) is 0 Å². The van der Waals surface area contributed by atoms with Crippen LogP contribution in [0.3, 0.4) is 0 Å². The molecule has 13 heavy (non-hydrogen) atoms. The largest absolute Gasteiger partial charge is 0.328 e. The molecular weight excluding hydrogens is 165 g/mol. The van der Waals surface area contributed by atoms with Gasteiger partial charge in [-0.3, -0.25) is 0 Å². The number of hydrogen-bond donors (Lipinski definition) is 1. The fraction of sp³-hybridized carbons (Fsp3) is 0.455. The lowest BCUT2D eigenvalue weighted by Gasteiger charge is -2.06. The quantitative estimate of drug-likeness (QED) is 0.761. The Kier molecular flexibility index (Phi) is 3.43. The second-order valence-corrected chi connectivity index (χ2v) is 3.61. The highest BCUT2D eigenvalue weighted by molar-refractivity contribution is 5.24. The molecule has 0 spiro atoms. The molecule has 0 unspecified atom stereocenters. The predicted molar refractivity (Wildman–Crippen MR) is 53.1 cm³/mol. The van der Waals surface area contributed by atoms with Crippen molar-refractivity contribution in [3.05, 3.63) is 35.1 Å². The Morgan fingerprint density at radius 3 is 2.77 bits per heavy atom. The van der Waals surface area contributed by atoms with Crippen molar-refractivity contribution in [2.75, 3.05) is 0 Å². The number of hydrogen-bond acceptors (Lipinski definition) is 1. The highest BCUT2D eigenvalue weighted by atomic mass is 19.1. The van der Waals surface area contributed by atoms with E-state index in [1.807, 2.05) is 19.9 Å². The molecule has 0 saturated carbocycles. The van der Waals surface area contributed by atoms with Gasteiger partial charge in [0, 0.05) is 6.04 Å². The van der Waals surface area contributed by atoms with E-state index in [0.29, 0.717) is 0 Å². The van der Waals surface area contributed by atoms with Crippen LogP contribution in [0.5, 0.6) is 0 Å². The van der Waals surface area contributed by atoms with Crippen molar-refractivity contribution in [3.63, 3.8) is 0 Å². The summed E-state index contributed by atoms with van der Waals surface area (Å²) >= 11 is 0. The van der Waals surface area contributed by atoms with Crippen molar-refractivity contribution in [1.82, 2.24) is 0 Å². The Bertz CT molecular complexity index is 281. The van der Waals surface area contributed by atoms with Crippen molar-refractivity contribution in [2.45, 2.75) is 32.7 Å². The van der Waals surface area contributed by atoms with Gasteiger partial charge in [0.1, 0.15) is 5.82 Å². The third-order valence-electron chi connectivity index (χ3n) is 2.07. The minimum absolute atomic E-state index is 0.119. The van der Waals surface area contributed by atoms with E-state index in [1.165, 1.54) is 6.07 Å². The maximum absolute atomic E-state index is 13.2. The van der Waals surface area contributed by atoms with E-state index in [-0.39, 0.29) is 11.9 Å². The lowest BCUT2D eigenvalue weighted by Crippen LogP contribution is -2.15. The van der Waals surface area contributed by atoms with Gasteiger partial charge in [0.05, 0.1) is 0 Å². The molecule has 1 nitrogen and oxygen atoms in total. The standard InChI is InChI=1S/C11H16FN/c1-8-3-6-11(12)10(7-8)5-4-9(2)13/h3,6-7,9H,4-5,13H2,1-2H3/t9-/m0/s1. The monoisotopic (exact) mass is 181 g/mol. The minimum atomic E-state index is -0.119. The zero-order valence-electron chi connectivity index (χ0n) is 8.18. The van der Waals surface area contributed by atoms with E-state index in [2.05, 4.69) is 0 Å². The van der Waals surface area contributed by atoms with Crippen LogP contribution in [0, 0.1) is 12.7 Å². The number of benzene rings is 1. The highest BCUT2D eigenvalue weighted by Gasteiger charge is 2.03. The van der Waals surface area contributed by atoms with Gasteiger partial charge in [0.25, 0.3) is 0 Å². The van der Waals surface area contributed by atoms with Gasteiger partial charge in [-0.1, -0.05) is 17.7 Å². The molecule has 0 saturated heterocycles. The summed E-state index contributed by atoms with van der Waals surface area (Å²) in [4.78, 5) is 0. The van der Waals surface area contributed by atoms with Crippen LogP contribution in [-0.2, 0) is 6.42 Å². The average molecular weight is 181 g/mol. The molecular formula is C11H16FN. The minimum Gasteiger partial charge on any atom is -0.328 e. The Hall–Kier alpha value is -0.890. The zero-order valence-corrected chi connectivity index (χ0v) is 8.18. The summed E-state index contributed by atoms with van der Waals surface area (Å²) in [7, 11) is 0. The number of rotatable bonds is 3. The lowest BCUT2D eigenvalue weighted by atomic mass is 10.0. The van der Waals surface area contributed by atoms with Crippen LogP contribution in [0.4, 0.5) is 4.39 Å². The Labute approximate surface area is 78.8 Å². The van der Waals surface area contributed by atoms with Gasteiger partial charge in [-0.15, -0.1) is 0 Å². The Morgan fingerprint density at radius 2 is 2.15 bits per heavy atom. The predicted octanol–water partition coefficient (Wildman–Crippen LogP) is 2.41. The molecule has 1 aromatic rings. The first-order valence-electron chi connectivity index (χ1n) is 4.60. The second kappa shape index (κ2) is 4.38. The molecule has 0 radical (unpaired) electrons. The molecule has 0 bridgehead atoms. The molecule has 1 aromatic carbocycles. The average Bonchev–Trinajstić information content (AvgIpc) is 2.06. The number of halogens is 1. The first-order valence-corrected chi connectivity index (χ1v) is 4.60. The van der Waals surface area contributed by atoms with Crippen molar-refractivity contribution in [1.29, 1.82) is 0 Å². The molecule has 0 aliphatic heterocycles. The maximum atomic E-state index is 13.2. The Balaban J connectivity index is 2.70. The third kappa shape index (κ3) is 3.15. The summed E-state index contributed by atoms with van der Waals surface area (Å²) in [5.41, 5.74) is 7.48. The Morgan fingerprint density at radius 1 is 1.46 bits per heavy atom. The molecule has 0 fully saturated rings. The van der Waals surface area contributed by atoms with Gasteiger partial charge in [-0.25, -0.2) is 4.39 Å². The summed E-state index contributed by atoms with van der Waals surface area (Å²) < 4.78 is 13.2. The molecule has 72 valence electrons. The van der Waals surface area contributed by atoms with Crippen molar-refractivity contribution in [3.8, 4) is 0 Å². The molecule has 0 amide bonds. The van der Waals surface area contributed by atoms with Crippen LogP contribution in [-0.4, -0.2) is 6.04 Å². The normalized spacial score (nSPS) is 12.9. The van der Waals surface area contributed by atoms with Crippen molar-refractivity contribution < 1.29 is 4.39 Å². The molecule has 0 heterocycles. The van der Waals surface area contributed by atoms with E-state index in [1.54, 1.807) is 6.07 Å². The molecule has 0 aliphatic carbocycles. The molecule has 2 heteroatoms. The van der Waals surface area contributed by atoms with Crippen molar-refractivity contribution in [2.24, 2.45) is 5.73 Å². The third-order valence-corrected chi connectivity index (χ3v) is 2.07. The lowest BCUT2D eigenvalue weighted by molar-refractivity contribution is 0.590. The van der Waals surface area contributed by atoms with Crippen LogP contribution < -0.4 is 5.73 Å². The van der Waals surface area contributed by atoms with Gasteiger partial charge in [-0.2, -0.15) is 0 Å². The molecule has 1 atom stereocenters. The van der Waals surface area contributed by atoms with Gasteiger partial charge < -0.3 is 5.73 Å². The van der Waals surface area contributed by atoms with Crippen LogP contribution in [0.25, 0.3) is 0 Å². The molecule has 0 aromatic heterocycles. The first-order chi connectivity index (χ1) is 6.09. The molecule has 1 rings (SSSR count). The van der Waals surface area contributed by atoms with Crippen LogP contribution >= 0.6 is 0 Å². The molecule has 2 N–H and O–H groups in total.